The molecule has 0 unspecified atom stereocenters. The summed E-state index contributed by atoms with van der Waals surface area (Å²) >= 11 is 2.60. The third-order valence-electron chi connectivity index (χ3n) is 5.15. The summed E-state index contributed by atoms with van der Waals surface area (Å²) in [6, 6.07) is 10.7. The molecule has 1 N–H and O–H groups in total. The number of anilines is 1. The normalized spacial score (nSPS) is 13.4. The fourth-order valence-corrected chi connectivity index (χ4v) is 5.29. The predicted molar refractivity (Wildman–Crippen MR) is 123 cm³/mol. The monoisotopic (exact) mass is 473 g/mol. The number of benzene rings is 2. The molecule has 1 aliphatic rings. The molecule has 3 aromatic rings. The van der Waals surface area contributed by atoms with Crippen molar-refractivity contribution in [1.82, 2.24) is 9.88 Å². The van der Waals surface area contributed by atoms with Crippen LogP contribution in [0.25, 0.3) is 11.3 Å². The van der Waals surface area contributed by atoms with E-state index in [2.05, 4.69) is 10.3 Å². The van der Waals surface area contributed by atoms with E-state index in [0.29, 0.717) is 26.8 Å². The molecule has 32 heavy (non-hydrogen) atoms. The van der Waals surface area contributed by atoms with Gasteiger partial charge in [-0.1, -0.05) is 12.1 Å². The second kappa shape index (κ2) is 9.79. The van der Waals surface area contributed by atoms with Gasteiger partial charge in [0, 0.05) is 28.4 Å². The first-order valence-electron chi connectivity index (χ1n) is 10.2. The Balaban J connectivity index is 1.47. The highest BCUT2D eigenvalue weighted by molar-refractivity contribution is 8.00. The van der Waals surface area contributed by atoms with Gasteiger partial charge in [-0.2, -0.15) is 0 Å². The molecule has 1 saturated heterocycles. The fourth-order valence-electron chi connectivity index (χ4n) is 3.50. The minimum Gasteiger partial charge on any atom is -0.342 e. The lowest BCUT2D eigenvalue weighted by Crippen LogP contribution is -2.29. The van der Waals surface area contributed by atoms with E-state index in [9.17, 15) is 18.4 Å². The number of nitrogens with one attached hydrogen (secondary N) is 1. The van der Waals surface area contributed by atoms with Crippen molar-refractivity contribution in [3.05, 3.63) is 64.5 Å². The number of carbonyl (C=O) groups excluding carboxylic acids is 2. The van der Waals surface area contributed by atoms with Crippen molar-refractivity contribution >= 4 is 40.0 Å². The van der Waals surface area contributed by atoms with E-state index in [1.807, 2.05) is 17.0 Å². The number of thiazole rings is 1. The Hall–Kier alpha value is -2.78. The van der Waals surface area contributed by atoms with Crippen LogP contribution in [0.5, 0.6) is 0 Å². The summed E-state index contributed by atoms with van der Waals surface area (Å²) in [7, 11) is 0. The summed E-state index contributed by atoms with van der Waals surface area (Å²) in [4.78, 5) is 33.0. The Labute approximate surface area is 192 Å². The number of carbonyl (C=O) groups is 2. The third kappa shape index (κ3) is 4.99. The number of hydrogen-bond donors (Lipinski definition) is 1. The maximum atomic E-state index is 13.6. The second-order valence-corrected chi connectivity index (χ2v) is 9.60. The molecular weight excluding hydrogens is 452 g/mol. The van der Waals surface area contributed by atoms with Crippen LogP contribution in [0.3, 0.4) is 0 Å². The van der Waals surface area contributed by atoms with Crippen LogP contribution >= 0.6 is 23.1 Å². The van der Waals surface area contributed by atoms with Gasteiger partial charge in [0.2, 0.25) is 5.91 Å². The Kier molecular flexibility index (Phi) is 6.86. The van der Waals surface area contributed by atoms with Crippen LogP contribution in [-0.4, -0.2) is 40.5 Å². The highest BCUT2D eigenvalue weighted by Gasteiger charge is 2.20. The molecule has 0 bridgehead atoms. The minimum atomic E-state index is -0.949. The number of rotatable bonds is 6. The molecule has 5 nitrogen and oxygen atoms in total. The lowest BCUT2D eigenvalue weighted by atomic mass is 10.1. The van der Waals surface area contributed by atoms with Gasteiger partial charge in [0.15, 0.2) is 16.8 Å². The molecule has 166 valence electrons. The first-order chi connectivity index (χ1) is 15.4. The molecule has 4 rings (SSSR count). The van der Waals surface area contributed by atoms with Crippen molar-refractivity contribution in [2.45, 2.75) is 24.7 Å². The van der Waals surface area contributed by atoms with Crippen LogP contribution in [0.15, 0.2) is 47.4 Å². The van der Waals surface area contributed by atoms with E-state index in [4.69, 9.17) is 0 Å². The minimum absolute atomic E-state index is 0.0782. The van der Waals surface area contributed by atoms with Crippen molar-refractivity contribution in [2.75, 3.05) is 24.2 Å². The zero-order valence-corrected chi connectivity index (χ0v) is 19.0. The van der Waals surface area contributed by atoms with E-state index in [-0.39, 0.29) is 17.6 Å². The molecule has 2 amide bonds. The van der Waals surface area contributed by atoms with Gasteiger partial charge >= 0.3 is 0 Å². The quantitative estimate of drug-likeness (QED) is 0.490. The van der Waals surface area contributed by atoms with Crippen LogP contribution in [0, 0.1) is 18.6 Å². The van der Waals surface area contributed by atoms with Gasteiger partial charge in [-0.25, -0.2) is 13.8 Å². The molecule has 1 fully saturated rings. The standard InChI is InChI=1S/C23H21F2N3O2S2/c1-14-21(15-8-9-17(24)18(25)12-15)26-23(32-14)27-22(30)16-6-2-3-7-19(16)31-13-20(29)28-10-4-5-11-28/h2-3,6-9,12H,4-5,10-11,13H2,1H3,(H,26,27,30). The first kappa shape index (κ1) is 22.4. The van der Waals surface area contributed by atoms with Gasteiger partial charge in [0.05, 0.1) is 17.0 Å². The highest BCUT2D eigenvalue weighted by Crippen LogP contribution is 2.32. The van der Waals surface area contributed by atoms with Crippen LogP contribution in [0.2, 0.25) is 0 Å². The molecule has 0 saturated carbocycles. The number of amides is 2. The van der Waals surface area contributed by atoms with Crippen molar-refractivity contribution in [1.29, 1.82) is 0 Å². The van der Waals surface area contributed by atoms with Gasteiger partial charge in [0.25, 0.3) is 5.91 Å². The maximum Gasteiger partial charge on any atom is 0.258 e. The number of nitrogens with zero attached hydrogens (tertiary/aromatic N) is 2. The lowest BCUT2D eigenvalue weighted by molar-refractivity contribution is -0.127. The molecule has 0 spiro atoms. The van der Waals surface area contributed by atoms with E-state index < -0.39 is 11.6 Å². The van der Waals surface area contributed by atoms with Gasteiger partial charge in [-0.05, 0) is 50.1 Å². The third-order valence-corrected chi connectivity index (χ3v) is 7.10. The molecular formula is C23H21F2N3O2S2. The summed E-state index contributed by atoms with van der Waals surface area (Å²) in [5.74, 6) is -1.86. The van der Waals surface area contributed by atoms with Crippen molar-refractivity contribution in [2.24, 2.45) is 0 Å². The number of thioether (sulfide) groups is 1. The van der Waals surface area contributed by atoms with Crippen LogP contribution in [0.1, 0.15) is 28.1 Å². The molecule has 0 aliphatic carbocycles. The maximum absolute atomic E-state index is 13.6. The first-order valence-corrected chi connectivity index (χ1v) is 12.0. The van der Waals surface area contributed by atoms with Crippen molar-refractivity contribution < 1.29 is 18.4 Å². The zero-order chi connectivity index (χ0) is 22.7. The van der Waals surface area contributed by atoms with Gasteiger partial charge in [-0.3, -0.25) is 14.9 Å². The average molecular weight is 474 g/mol. The van der Waals surface area contributed by atoms with Gasteiger partial charge in [-0.15, -0.1) is 23.1 Å². The lowest BCUT2D eigenvalue weighted by Gasteiger charge is -2.15. The Morgan fingerprint density at radius 2 is 1.88 bits per heavy atom. The molecule has 1 aromatic heterocycles. The van der Waals surface area contributed by atoms with E-state index >= 15 is 0 Å². The SMILES string of the molecule is Cc1sc(NC(=O)c2ccccc2SCC(=O)N2CCCC2)nc1-c1ccc(F)c(F)c1. The smallest absolute Gasteiger partial charge is 0.258 e. The number of aromatic nitrogens is 1. The Morgan fingerprint density at radius 3 is 2.62 bits per heavy atom. The van der Waals surface area contributed by atoms with Crippen LogP contribution < -0.4 is 5.32 Å². The molecule has 9 heteroatoms. The van der Waals surface area contributed by atoms with E-state index in [0.717, 1.165) is 42.9 Å². The summed E-state index contributed by atoms with van der Waals surface area (Å²) in [6.45, 7) is 3.40. The summed E-state index contributed by atoms with van der Waals surface area (Å²) in [5.41, 5.74) is 1.38. The van der Waals surface area contributed by atoms with Crippen LogP contribution in [-0.2, 0) is 4.79 Å². The van der Waals surface area contributed by atoms with Crippen LogP contribution in [0.4, 0.5) is 13.9 Å². The van der Waals surface area contributed by atoms with Gasteiger partial charge in [0.1, 0.15) is 0 Å². The second-order valence-electron chi connectivity index (χ2n) is 7.38. The molecule has 2 aromatic carbocycles. The largest absolute Gasteiger partial charge is 0.342 e. The molecule has 0 radical (unpaired) electrons. The summed E-state index contributed by atoms with van der Waals surface area (Å²) in [6.07, 6.45) is 2.07. The average Bonchev–Trinajstić information content (AvgIpc) is 3.44. The van der Waals surface area contributed by atoms with Crippen molar-refractivity contribution in [3.8, 4) is 11.3 Å². The Morgan fingerprint density at radius 1 is 1.12 bits per heavy atom. The van der Waals surface area contributed by atoms with E-state index in [1.54, 1.807) is 19.1 Å². The van der Waals surface area contributed by atoms with Gasteiger partial charge < -0.3 is 4.90 Å². The topological polar surface area (TPSA) is 62.3 Å². The zero-order valence-electron chi connectivity index (χ0n) is 17.4. The number of likely N-dealkylation sites (tertiary alicyclic amines) is 1. The highest BCUT2D eigenvalue weighted by atomic mass is 32.2. The number of halogens is 2. The summed E-state index contributed by atoms with van der Waals surface area (Å²) < 4.78 is 26.9. The fraction of sp³-hybridized carbons (Fsp3) is 0.261. The molecule has 0 atom stereocenters. The number of hydrogen-bond acceptors (Lipinski definition) is 5. The van der Waals surface area contributed by atoms with Crippen molar-refractivity contribution in [3.63, 3.8) is 0 Å². The summed E-state index contributed by atoms with van der Waals surface area (Å²) in [5, 5.41) is 3.15. The van der Waals surface area contributed by atoms with E-state index in [1.165, 1.54) is 29.2 Å². The Bertz CT molecular complexity index is 1160. The number of aryl methyl sites for hydroxylation is 1. The molecule has 1 aliphatic heterocycles. The predicted octanol–water partition coefficient (Wildman–Crippen LogP) is 5.36. The molecule has 2 heterocycles.